The maximum atomic E-state index is 11.6. The first-order valence-corrected chi connectivity index (χ1v) is 9.61. The highest BCUT2D eigenvalue weighted by molar-refractivity contribution is 5.94. The predicted molar refractivity (Wildman–Crippen MR) is 118 cm³/mol. The van der Waals surface area contributed by atoms with E-state index in [2.05, 4.69) is 34.7 Å². The minimum Gasteiger partial charge on any atom is -0.411 e. The number of nitrogens with two attached hydrogens (primary N) is 2. The van der Waals surface area contributed by atoms with Gasteiger partial charge in [-0.2, -0.15) is 11.4 Å². The van der Waals surface area contributed by atoms with Gasteiger partial charge in [0.25, 0.3) is 5.91 Å². The van der Waals surface area contributed by atoms with E-state index < -0.39 is 0 Å². The lowest BCUT2D eigenvalue weighted by Crippen LogP contribution is -2.18. The second-order valence-electron chi connectivity index (χ2n) is 6.04. The number of fused-ring (bicyclic) bond motifs is 1. The van der Waals surface area contributed by atoms with Crippen molar-refractivity contribution in [3.8, 4) is 0 Å². The molecule has 1 aliphatic rings. The highest BCUT2D eigenvalue weighted by Crippen LogP contribution is 2.32. The Labute approximate surface area is 177 Å². The zero-order valence-corrected chi connectivity index (χ0v) is 17.7. The molecule has 0 heterocycles. The van der Waals surface area contributed by atoms with Gasteiger partial charge in [0.2, 0.25) is 0 Å². The Hall–Kier alpha value is -2.75. The maximum absolute atomic E-state index is 11.6. The lowest BCUT2D eigenvalue weighted by Gasteiger charge is -2.13. The van der Waals surface area contributed by atoms with Crippen molar-refractivity contribution in [1.29, 1.82) is 0 Å². The molecule has 1 amide bonds. The van der Waals surface area contributed by atoms with Crippen molar-refractivity contribution in [2.24, 2.45) is 11.6 Å². The summed E-state index contributed by atoms with van der Waals surface area (Å²) in [6.07, 6.45) is 3.87. The minimum atomic E-state index is -0.136. The Morgan fingerprint density at radius 2 is 1.77 bits per heavy atom. The summed E-state index contributed by atoms with van der Waals surface area (Å²) >= 11 is 0. The molecule has 0 aromatic heterocycles. The smallest absolute Gasteiger partial charge is 0.251 e. The molecule has 30 heavy (non-hydrogen) atoms. The minimum absolute atomic E-state index is 0.0636. The molecular formula is C22H32N4O4. The van der Waals surface area contributed by atoms with Crippen LogP contribution >= 0.6 is 0 Å². The van der Waals surface area contributed by atoms with E-state index in [0.29, 0.717) is 17.9 Å². The Morgan fingerprint density at radius 3 is 2.40 bits per heavy atom. The number of nitrogens with one attached hydrogen (secondary N) is 2. The number of carbonyl (C=O) groups is 1. The topological polar surface area (TPSA) is 132 Å². The summed E-state index contributed by atoms with van der Waals surface area (Å²) in [5.41, 5.74) is 11.4. The van der Waals surface area contributed by atoms with Crippen LogP contribution in [0.3, 0.4) is 0 Å². The van der Waals surface area contributed by atoms with Gasteiger partial charge in [-0.05, 0) is 49.2 Å². The van der Waals surface area contributed by atoms with Gasteiger partial charge in [0.05, 0.1) is 0 Å². The van der Waals surface area contributed by atoms with Gasteiger partial charge in [0.1, 0.15) is 6.10 Å². The third-order valence-corrected chi connectivity index (χ3v) is 4.46. The van der Waals surface area contributed by atoms with Crippen LogP contribution in [-0.4, -0.2) is 38.8 Å². The van der Waals surface area contributed by atoms with Crippen molar-refractivity contribution in [3.05, 3.63) is 76.9 Å². The molecule has 2 aromatic rings. The molecule has 3 rings (SSSR count). The van der Waals surface area contributed by atoms with Crippen LogP contribution in [-0.2, 0) is 16.1 Å². The van der Waals surface area contributed by atoms with E-state index in [1.807, 2.05) is 6.07 Å². The third-order valence-electron chi connectivity index (χ3n) is 4.46. The number of aliphatic hydroxyl groups excluding tert-OH is 1. The number of hydrogen-bond donors (Lipinski definition) is 5. The first-order valence-electron chi connectivity index (χ1n) is 9.61. The molecule has 2 aromatic carbocycles. The molecule has 1 aliphatic carbocycles. The van der Waals surface area contributed by atoms with Crippen molar-refractivity contribution in [2.45, 2.75) is 18.9 Å². The predicted octanol–water partition coefficient (Wildman–Crippen LogP) is 1.67. The average molecular weight is 417 g/mol. The average Bonchev–Trinajstić information content (AvgIpc) is 3.24. The summed E-state index contributed by atoms with van der Waals surface area (Å²) in [4.78, 5) is 22.3. The molecule has 0 unspecified atom stereocenters. The molecule has 0 bridgehead atoms. The summed E-state index contributed by atoms with van der Waals surface area (Å²) in [6.45, 7) is 0.447. The van der Waals surface area contributed by atoms with E-state index in [0.717, 1.165) is 25.5 Å². The molecule has 0 radical (unpaired) electrons. The third kappa shape index (κ3) is 6.94. The van der Waals surface area contributed by atoms with Crippen LogP contribution in [0.1, 0.15) is 39.6 Å². The van der Waals surface area contributed by atoms with E-state index in [1.165, 1.54) is 18.2 Å². The van der Waals surface area contributed by atoms with Gasteiger partial charge in [-0.15, -0.1) is 0 Å². The van der Waals surface area contributed by atoms with E-state index in [4.69, 9.17) is 20.7 Å². The normalized spacial score (nSPS) is 14.5. The van der Waals surface area contributed by atoms with Crippen molar-refractivity contribution < 1.29 is 19.6 Å². The fourth-order valence-corrected chi connectivity index (χ4v) is 3.09. The van der Waals surface area contributed by atoms with Crippen LogP contribution in [0.15, 0.2) is 54.6 Å². The zero-order valence-electron chi connectivity index (χ0n) is 17.7. The van der Waals surface area contributed by atoms with Gasteiger partial charge in [-0.25, -0.2) is 0 Å². The fourth-order valence-electron chi connectivity index (χ4n) is 3.09. The number of carbonyl (C=O) groups excluding carboxylic acids is 1. The van der Waals surface area contributed by atoms with E-state index in [1.54, 1.807) is 37.4 Å². The summed E-state index contributed by atoms with van der Waals surface area (Å²) in [5.74, 6) is 5.75. The highest BCUT2D eigenvalue weighted by Gasteiger charge is 2.22. The monoisotopic (exact) mass is 416 g/mol. The molecule has 7 N–H and O–H groups in total. The van der Waals surface area contributed by atoms with Gasteiger partial charge in [-0.3, -0.25) is 9.63 Å². The van der Waals surface area contributed by atoms with Crippen LogP contribution in [0.4, 0.5) is 0 Å². The number of aryl methyl sites for hydroxylation is 1. The van der Waals surface area contributed by atoms with Crippen LogP contribution < -0.4 is 22.4 Å². The van der Waals surface area contributed by atoms with Gasteiger partial charge in [0.15, 0.2) is 5.76 Å². The van der Waals surface area contributed by atoms with Crippen molar-refractivity contribution in [2.75, 3.05) is 27.7 Å². The summed E-state index contributed by atoms with van der Waals surface area (Å²) in [5, 5.41) is 9.58. The molecule has 8 heteroatoms. The first kappa shape index (κ1) is 25.3. The molecular weight excluding hydrogens is 384 g/mol. The van der Waals surface area contributed by atoms with Gasteiger partial charge < -0.3 is 21.0 Å². The van der Waals surface area contributed by atoms with E-state index in [-0.39, 0.29) is 12.0 Å². The van der Waals surface area contributed by atoms with Crippen LogP contribution in [0, 0.1) is 0 Å². The second-order valence-corrected chi connectivity index (χ2v) is 6.04. The highest BCUT2D eigenvalue weighted by atomic mass is 16.7. The molecule has 0 aliphatic heterocycles. The quantitative estimate of drug-likeness (QED) is 0.263. The SMILES string of the molecule is CN.CNC(=O)c1ccc(/C(=C/CNO[C@@H]2CCc3ccccc32)ON)cc1.CO. The zero-order chi connectivity index (χ0) is 22.4. The lowest BCUT2D eigenvalue weighted by atomic mass is 10.1. The first-order chi connectivity index (χ1) is 14.7. The van der Waals surface area contributed by atoms with Gasteiger partial charge in [0, 0.05) is 31.8 Å². The maximum Gasteiger partial charge on any atom is 0.251 e. The Morgan fingerprint density at radius 1 is 1.13 bits per heavy atom. The van der Waals surface area contributed by atoms with Crippen LogP contribution in [0.2, 0.25) is 0 Å². The lowest BCUT2D eigenvalue weighted by molar-refractivity contribution is -0.0198. The largest absolute Gasteiger partial charge is 0.411 e. The van der Waals surface area contributed by atoms with Gasteiger partial charge in [-0.1, -0.05) is 36.4 Å². The molecule has 0 saturated carbocycles. The Bertz CT molecular complexity index is 794. The van der Waals surface area contributed by atoms with E-state index in [9.17, 15) is 4.79 Å². The summed E-state index contributed by atoms with van der Waals surface area (Å²) in [6, 6.07) is 15.4. The van der Waals surface area contributed by atoms with Crippen molar-refractivity contribution in [1.82, 2.24) is 10.8 Å². The van der Waals surface area contributed by atoms with Crippen LogP contribution in [0.25, 0.3) is 5.76 Å². The van der Waals surface area contributed by atoms with Crippen molar-refractivity contribution >= 4 is 11.7 Å². The number of aliphatic hydroxyl groups is 1. The Balaban J connectivity index is 0.00000106. The van der Waals surface area contributed by atoms with Crippen LogP contribution in [0.5, 0.6) is 0 Å². The number of hydrogen-bond acceptors (Lipinski definition) is 7. The number of benzene rings is 2. The molecule has 164 valence electrons. The number of rotatable bonds is 7. The molecule has 0 spiro atoms. The summed E-state index contributed by atoms with van der Waals surface area (Å²) < 4.78 is 0. The van der Waals surface area contributed by atoms with E-state index >= 15 is 0 Å². The Kier molecular flexibility index (Phi) is 12.0. The fraction of sp³-hybridized carbons (Fsp3) is 0.318. The number of hydroxylamine groups is 1. The summed E-state index contributed by atoms with van der Waals surface area (Å²) in [7, 11) is 4.10. The van der Waals surface area contributed by atoms with Crippen molar-refractivity contribution in [3.63, 3.8) is 0 Å². The molecule has 0 fully saturated rings. The molecule has 0 saturated heterocycles. The standard InChI is InChI=1S/C20H23N3O3.CH5N.CH4O/c1-22-20(24)16-8-6-15(7-9-16)18(25-21)12-13-23-26-19-11-10-14-4-2-3-5-17(14)19;2*1-2/h2-9,12,19,23H,10-11,13,21H2,1H3,(H,22,24);2H2,1H3;2H,1H3/b18-12-;;/t19-;;/m1../s1. The molecule has 1 atom stereocenters. The number of amides is 1. The molecule has 8 nitrogen and oxygen atoms in total. The second kappa shape index (κ2) is 14.3. The van der Waals surface area contributed by atoms with Gasteiger partial charge >= 0.3 is 0 Å².